The molecule has 1 saturated heterocycles. The fraction of sp³-hybridized carbons (Fsp3) is 0.682. The Morgan fingerprint density at radius 3 is 2.51 bits per heavy atom. The molecule has 0 aromatic carbocycles. The van der Waals surface area contributed by atoms with Crippen molar-refractivity contribution in [3.63, 3.8) is 0 Å². The van der Waals surface area contributed by atoms with Crippen molar-refractivity contribution < 1.29 is 70.5 Å². The van der Waals surface area contributed by atoms with Crippen LogP contribution in [0.3, 0.4) is 0 Å². The van der Waals surface area contributed by atoms with Gasteiger partial charge in [0.1, 0.15) is 24.2 Å². The van der Waals surface area contributed by atoms with Gasteiger partial charge in [0.25, 0.3) is 7.48 Å². The fourth-order valence-electron chi connectivity index (χ4n) is 4.36. The van der Waals surface area contributed by atoms with Crippen molar-refractivity contribution >= 4 is 71.5 Å². The summed E-state index contributed by atoms with van der Waals surface area (Å²) < 4.78 is 62.8. The molecule has 49 heavy (non-hydrogen) atoms. The molecule has 22 nitrogen and oxygen atoms in total. The number of aromatic nitrogens is 4. The second kappa shape index (κ2) is 17.5. The Bertz CT molecular complexity index is 1600. The largest absolute Gasteiger partial charge is 0.481 e. The van der Waals surface area contributed by atoms with E-state index in [4.69, 9.17) is 24.0 Å². The van der Waals surface area contributed by atoms with Gasteiger partial charge in [0.15, 0.2) is 11.5 Å². The molecule has 3 rings (SSSR count). The number of nitrogens with two attached hydrogens (primary N) is 1. The van der Waals surface area contributed by atoms with E-state index < -0.39 is 72.3 Å². The van der Waals surface area contributed by atoms with Crippen LogP contribution in [0, 0.1) is 5.41 Å². The van der Waals surface area contributed by atoms with Crippen LogP contribution in [0.25, 0.3) is 11.2 Å². The predicted octanol–water partition coefficient (Wildman–Crippen LogP) is -0.431. The second-order valence-electron chi connectivity index (χ2n) is 11.4. The third kappa shape index (κ3) is 12.9. The molecule has 27 heteroatoms. The predicted molar refractivity (Wildman–Crippen MR) is 174 cm³/mol. The number of nitrogens with zero attached hydrogens (tertiary/aromatic N) is 4. The number of fused-ring (bicyclic) bond motifs is 1. The molecule has 1 fully saturated rings. The number of phosphoric acid groups is 3. The van der Waals surface area contributed by atoms with Gasteiger partial charge in [-0.2, -0.15) is 16.1 Å². The zero-order chi connectivity index (χ0) is 36.6. The van der Waals surface area contributed by atoms with E-state index in [0.717, 1.165) is 0 Å². The van der Waals surface area contributed by atoms with Gasteiger partial charge in [0.05, 0.1) is 25.6 Å². The summed E-state index contributed by atoms with van der Waals surface area (Å²) in [5.41, 5.74) is 4.77. The van der Waals surface area contributed by atoms with E-state index in [9.17, 15) is 48.0 Å². The average Bonchev–Trinajstić information content (AvgIpc) is 3.43. The van der Waals surface area contributed by atoms with E-state index in [1.165, 1.54) is 31.1 Å². The standard InChI is InChI=1S/C22H39BN7O15P3S/c1-22(2,18(32)21(33)26-5-4-15(31)25-6-7-49-3)10-42-48(39,40)45-47(37,38)41-9-13-14(44-46(34,35)36)8-16(43-23-13)30-12-29-17-19(24)27-11-28-20(17)30/h11-14,16,18,23,32H,4-10H2,1-3H3,(H,25,31)(H,26,33)(H,37,38)(H,39,40)(H2,24,27,28)(H2,34,35,36)/t13-,14-,16-,18?/m1/s1. The summed E-state index contributed by atoms with van der Waals surface area (Å²) in [7, 11) is -16.2. The molecule has 3 heterocycles. The number of carbonyl (C=O) groups excluding carboxylic acids is 2. The highest BCUT2D eigenvalue weighted by Crippen LogP contribution is 2.61. The van der Waals surface area contributed by atoms with E-state index in [-0.39, 0.29) is 49.8 Å². The zero-order valence-electron chi connectivity index (χ0n) is 26.6. The van der Waals surface area contributed by atoms with Gasteiger partial charge in [-0.05, 0) is 6.26 Å². The van der Waals surface area contributed by atoms with E-state index in [1.807, 2.05) is 6.26 Å². The van der Waals surface area contributed by atoms with Crippen LogP contribution in [0.4, 0.5) is 5.82 Å². The average molecular weight is 777 g/mol. The maximum absolute atomic E-state index is 12.6. The molecule has 0 saturated carbocycles. The normalized spacial score (nSPS) is 21.7. The Balaban J connectivity index is 1.54. The first kappa shape index (κ1) is 41.4. The maximum Gasteiger partial charge on any atom is 0.481 e. The van der Waals surface area contributed by atoms with Gasteiger partial charge in [0, 0.05) is 42.9 Å². The minimum atomic E-state index is -5.39. The number of aliphatic hydroxyl groups is 1. The van der Waals surface area contributed by atoms with Gasteiger partial charge in [-0.3, -0.25) is 27.7 Å². The summed E-state index contributed by atoms with van der Waals surface area (Å²) in [6.07, 6.45) is 0.0386. The van der Waals surface area contributed by atoms with Crippen LogP contribution in [-0.2, 0) is 45.8 Å². The number of phosphoric ester groups is 3. The first-order valence-electron chi connectivity index (χ1n) is 14.4. The topological polar surface area (TPSA) is 326 Å². The highest BCUT2D eigenvalue weighted by molar-refractivity contribution is 7.98. The molecule has 6 atom stereocenters. The van der Waals surface area contributed by atoms with Gasteiger partial charge in [0.2, 0.25) is 11.8 Å². The Morgan fingerprint density at radius 1 is 1.14 bits per heavy atom. The highest BCUT2D eigenvalue weighted by Gasteiger charge is 2.43. The molecule has 276 valence electrons. The lowest BCUT2D eigenvalue weighted by Gasteiger charge is -2.35. The zero-order valence-corrected chi connectivity index (χ0v) is 30.1. The van der Waals surface area contributed by atoms with Crippen LogP contribution in [0.1, 0.15) is 32.9 Å². The van der Waals surface area contributed by atoms with Crippen LogP contribution in [0.5, 0.6) is 0 Å². The molecule has 0 aliphatic carbocycles. The summed E-state index contributed by atoms with van der Waals surface area (Å²) in [5, 5.41) is 15.5. The number of hydrogen-bond donors (Lipinski definition) is 8. The van der Waals surface area contributed by atoms with Gasteiger partial charge < -0.3 is 45.7 Å². The Morgan fingerprint density at radius 2 is 1.84 bits per heavy atom. The molecule has 1 aliphatic rings. The van der Waals surface area contributed by atoms with E-state index >= 15 is 0 Å². The first-order valence-corrected chi connectivity index (χ1v) is 20.3. The van der Waals surface area contributed by atoms with Gasteiger partial charge in [-0.25, -0.2) is 28.6 Å². The van der Waals surface area contributed by atoms with E-state index in [0.29, 0.717) is 12.3 Å². The van der Waals surface area contributed by atoms with Gasteiger partial charge in [-0.1, -0.05) is 13.8 Å². The molecular formula is C22H39BN7O15P3S. The molecule has 0 spiro atoms. The molecule has 3 unspecified atom stereocenters. The molecule has 2 aromatic rings. The van der Waals surface area contributed by atoms with E-state index in [2.05, 4.69) is 29.9 Å². The van der Waals surface area contributed by atoms with Crippen LogP contribution >= 0.6 is 35.2 Å². The smallest absolute Gasteiger partial charge is 0.420 e. The number of rotatable bonds is 19. The van der Waals surface area contributed by atoms with Crippen molar-refractivity contribution in [2.75, 3.05) is 44.0 Å². The van der Waals surface area contributed by atoms with Crippen molar-refractivity contribution in [3.05, 3.63) is 12.7 Å². The number of carbonyl (C=O) groups is 2. The number of anilines is 1. The van der Waals surface area contributed by atoms with Crippen molar-refractivity contribution in [3.8, 4) is 0 Å². The van der Waals surface area contributed by atoms with Gasteiger partial charge >= 0.3 is 23.5 Å². The lowest BCUT2D eigenvalue weighted by atomic mass is 9.73. The number of nitrogen functional groups attached to an aromatic ring is 1. The highest BCUT2D eigenvalue weighted by atomic mass is 32.2. The van der Waals surface area contributed by atoms with Crippen LogP contribution in [0.2, 0.25) is 5.82 Å². The summed E-state index contributed by atoms with van der Waals surface area (Å²) >= 11 is 1.54. The number of hydrogen-bond acceptors (Lipinski definition) is 16. The number of nitrogens with one attached hydrogen (secondary N) is 2. The third-order valence-corrected chi connectivity index (χ3v) is 10.7. The third-order valence-electron chi connectivity index (χ3n) is 6.96. The molecule has 0 radical (unpaired) electrons. The molecule has 1 aliphatic heterocycles. The summed E-state index contributed by atoms with van der Waals surface area (Å²) in [4.78, 5) is 75.4. The van der Waals surface area contributed by atoms with E-state index in [1.54, 1.807) is 11.8 Å². The SMILES string of the molecule is CSCCNC(=O)CCNC(=O)C(O)C(C)(C)COP(=O)(O)OP(=O)(O)OC[C@H]1BO[C@@H](n2cnc3c(N)ncnc32)C[C@H]1OP(=O)(O)O. The summed E-state index contributed by atoms with van der Waals surface area (Å²) in [6.45, 7) is 1.34. The first-order chi connectivity index (χ1) is 22.7. The maximum atomic E-state index is 12.6. The number of thioether (sulfide) groups is 1. The van der Waals surface area contributed by atoms with Crippen LogP contribution in [0.15, 0.2) is 12.7 Å². The molecular weight excluding hydrogens is 738 g/mol. The number of imidazole rings is 1. The monoisotopic (exact) mass is 777 g/mol. The summed E-state index contributed by atoms with van der Waals surface area (Å²) in [6, 6.07) is 0. The Hall–Kier alpha value is -2.01. The summed E-state index contributed by atoms with van der Waals surface area (Å²) in [5.74, 6) is -1.52. The Labute approximate surface area is 284 Å². The second-order valence-corrected chi connectivity index (χ2v) is 16.6. The fourth-order valence-corrected chi connectivity index (χ4v) is 7.58. The van der Waals surface area contributed by atoms with Crippen molar-refractivity contribution in [1.82, 2.24) is 30.2 Å². The van der Waals surface area contributed by atoms with Crippen molar-refractivity contribution in [2.45, 2.75) is 50.9 Å². The molecule has 9 N–H and O–H groups in total. The van der Waals surface area contributed by atoms with Gasteiger partial charge in [-0.15, -0.1) is 0 Å². The number of amides is 2. The van der Waals surface area contributed by atoms with Crippen LogP contribution in [-0.4, -0.2) is 114 Å². The minimum absolute atomic E-state index is 0.0538. The lowest BCUT2D eigenvalue weighted by Crippen LogP contribution is -2.46. The molecule has 0 bridgehead atoms. The quantitative estimate of drug-likeness (QED) is 0.0509. The minimum Gasteiger partial charge on any atom is -0.420 e. The van der Waals surface area contributed by atoms with Crippen molar-refractivity contribution in [1.29, 1.82) is 0 Å². The number of aliphatic hydroxyl groups excluding tert-OH is 1. The molecule has 2 amide bonds. The molecule has 2 aromatic heterocycles. The van der Waals surface area contributed by atoms with Crippen molar-refractivity contribution in [2.24, 2.45) is 5.41 Å². The van der Waals surface area contributed by atoms with Crippen LogP contribution < -0.4 is 16.4 Å². The Kier molecular flexibility index (Phi) is 14.8. The lowest BCUT2D eigenvalue weighted by molar-refractivity contribution is -0.137.